The molecule has 1 atom stereocenters. The van der Waals surface area contributed by atoms with Crippen molar-refractivity contribution in [2.45, 2.75) is 32.2 Å². The second-order valence-corrected chi connectivity index (χ2v) is 4.84. The van der Waals surface area contributed by atoms with Crippen molar-refractivity contribution < 1.29 is 0 Å². The smallest absolute Gasteiger partial charge is 0.0640 e. The number of likely N-dealkylation sites (N-methyl/N-ethyl adjacent to an activating group) is 1. The van der Waals surface area contributed by atoms with Crippen LogP contribution in [0.3, 0.4) is 0 Å². The fraction of sp³-hybridized carbons (Fsp3) is 0.467. The van der Waals surface area contributed by atoms with Crippen molar-refractivity contribution >= 4 is 0 Å². The van der Waals surface area contributed by atoms with Crippen molar-refractivity contribution in [3.8, 4) is 0 Å². The molecule has 0 amide bonds. The molecule has 2 aromatic rings. The Labute approximate surface area is 114 Å². The minimum Gasteiger partial charge on any atom is -0.314 e. The van der Waals surface area contributed by atoms with E-state index in [1.807, 2.05) is 36.4 Å². The average molecular weight is 258 g/mol. The Kier molecular flexibility index (Phi) is 5.10. The number of rotatable bonds is 7. The molecule has 4 heteroatoms. The van der Waals surface area contributed by atoms with Gasteiger partial charge in [0.1, 0.15) is 0 Å². The molecule has 0 aliphatic carbocycles. The van der Waals surface area contributed by atoms with E-state index in [4.69, 9.17) is 0 Å². The molecule has 19 heavy (non-hydrogen) atoms. The lowest BCUT2D eigenvalue weighted by Gasteiger charge is -2.16. The van der Waals surface area contributed by atoms with Gasteiger partial charge in [-0.2, -0.15) is 5.10 Å². The van der Waals surface area contributed by atoms with Crippen molar-refractivity contribution in [1.82, 2.24) is 20.1 Å². The highest BCUT2D eigenvalue weighted by Gasteiger charge is 2.10. The number of nitrogens with zero attached hydrogens (tertiary/aromatic N) is 3. The Morgan fingerprint density at radius 2 is 2.26 bits per heavy atom. The second-order valence-electron chi connectivity index (χ2n) is 4.84. The molecule has 0 radical (unpaired) electrons. The highest BCUT2D eigenvalue weighted by Crippen LogP contribution is 2.08. The maximum Gasteiger partial charge on any atom is 0.0640 e. The van der Waals surface area contributed by atoms with Crippen LogP contribution in [0.1, 0.15) is 24.6 Å². The predicted molar refractivity (Wildman–Crippen MR) is 76.9 cm³/mol. The molecule has 1 unspecified atom stereocenters. The van der Waals surface area contributed by atoms with E-state index in [-0.39, 0.29) is 0 Å². The maximum absolute atomic E-state index is 4.45. The Bertz CT molecular complexity index is 478. The fourth-order valence-corrected chi connectivity index (χ4v) is 2.28. The van der Waals surface area contributed by atoms with Gasteiger partial charge in [-0.3, -0.25) is 9.67 Å². The second kappa shape index (κ2) is 7.04. The minimum absolute atomic E-state index is 0.472. The van der Waals surface area contributed by atoms with E-state index >= 15 is 0 Å². The lowest BCUT2D eigenvalue weighted by atomic mass is 10.0. The molecule has 0 spiro atoms. The van der Waals surface area contributed by atoms with Crippen molar-refractivity contribution in [2.24, 2.45) is 7.05 Å². The van der Waals surface area contributed by atoms with Gasteiger partial charge in [0.15, 0.2) is 0 Å². The number of nitrogens with one attached hydrogen (secondary N) is 1. The number of aromatic nitrogens is 3. The van der Waals surface area contributed by atoms with Crippen LogP contribution in [0.15, 0.2) is 36.8 Å². The standard InChI is InChI=1S/C15H22N4/c1-3-17-14(11-15-8-10-19(2)18-15)7-6-13-5-4-9-16-12-13/h4-5,8-10,12,14,17H,3,6-7,11H2,1-2H3. The van der Waals surface area contributed by atoms with Crippen LogP contribution in [-0.4, -0.2) is 27.4 Å². The van der Waals surface area contributed by atoms with Crippen molar-refractivity contribution in [2.75, 3.05) is 6.54 Å². The summed E-state index contributed by atoms with van der Waals surface area (Å²) in [6.07, 6.45) is 8.91. The van der Waals surface area contributed by atoms with Crippen molar-refractivity contribution in [3.63, 3.8) is 0 Å². The summed E-state index contributed by atoms with van der Waals surface area (Å²) in [6, 6.07) is 6.70. The van der Waals surface area contributed by atoms with Crippen LogP contribution in [-0.2, 0) is 19.9 Å². The van der Waals surface area contributed by atoms with Crippen LogP contribution in [0.5, 0.6) is 0 Å². The molecular formula is C15H22N4. The summed E-state index contributed by atoms with van der Waals surface area (Å²) in [6.45, 7) is 3.14. The molecule has 102 valence electrons. The van der Waals surface area contributed by atoms with Crippen LogP contribution in [0.4, 0.5) is 0 Å². The molecule has 2 rings (SSSR count). The van der Waals surface area contributed by atoms with E-state index in [1.165, 1.54) is 5.56 Å². The monoisotopic (exact) mass is 258 g/mol. The molecule has 0 fully saturated rings. The van der Waals surface area contributed by atoms with Crippen LogP contribution in [0.2, 0.25) is 0 Å². The number of aryl methyl sites for hydroxylation is 2. The SMILES string of the molecule is CCNC(CCc1cccnc1)Cc1ccn(C)n1. The zero-order valence-electron chi connectivity index (χ0n) is 11.7. The van der Waals surface area contributed by atoms with Crippen LogP contribution in [0, 0.1) is 0 Å². The van der Waals surface area contributed by atoms with Gasteiger partial charge in [0.25, 0.3) is 0 Å². The summed E-state index contributed by atoms with van der Waals surface area (Å²) in [5.74, 6) is 0. The molecule has 0 aromatic carbocycles. The molecule has 0 saturated heterocycles. The number of pyridine rings is 1. The summed E-state index contributed by atoms with van der Waals surface area (Å²) < 4.78 is 1.86. The van der Waals surface area contributed by atoms with E-state index in [9.17, 15) is 0 Å². The molecule has 2 heterocycles. The van der Waals surface area contributed by atoms with Crippen LogP contribution in [0.25, 0.3) is 0 Å². The summed E-state index contributed by atoms with van der Waals surface area (Å²) >= 11 is 0. The van der Waals surface area contributed by atoms with E-state index in [0.29, 0.717) is 6.04 Å². The first-order valence-corrected chi connectivity index (χ1v) is 6.88. The van der Waals surface area contributed by atoms with Gasteiger partial charge in [0.2, 0.25) is 0 Å². The molecule has 0 aliphatic heterocycles. The predicted octanol–water partition coefficient (Wildman–Crippen LogP) is 1.97. The number of hydrogen-bond acceptors (Lipinski definition) is 3. The Morgan fingerprint density at radius 3 is 2.89 bits per heavy atom. The van der Waals surface area contributed by atoms with Crippen LogP contribution >= 0.6 is 0 Å². The Morgan fingerprint density at radius 1 is 1.37 bits per heavy atom. The molecule has 4 nitrogen and oxygen atoms in total. The van der Waals surface area contributed by atoms with Gasteiger partial charge < -0.3 is 5.32 Å². The largest absolute Gasteiger partial charge is 0.314 e. The third-order valence-corrected chi connectivity index (χ3v) is 3.22. The molecule has 0 saturated carbocycles. The Balaban J connectivity index is 1.89. The van der Waals surface area contributed by atoms with E-state index in [1.54, 1.807) is 0 Å². The summed E-state index contributed by atoms with van der Waals surface area (Å²) in [5.41, 5.74) is 2.45. The number of hydrogen-bond donors (Lipinski definition) is 1. The van der Waals surface area contributed by atoms with Gasteiger partial charge in [-0.1, -0.05) is 13.0 Å². The van der Waals surface area contributed by atoms with Crippen molar-refractivity contribution in [3.05, 3.63) is 48.0 Å². The molecule has 0 aliphatic rings. The first-order chi connectivity index (χ1) is 9.28. The average Bonchev–Trinajstić information content (AvgIpc) is 2.83. The van der Waals surface area contributed by atoms with Gasteiger partial charge in [0, 0.05) is 38.1 Å². The van der Waals surface area contributed by atoms with Crippen molar-refractivity contribution in [1.29, 1.82) is 0 Å². The normalized spacial score (nSPS) is 12.5. The summed E-state index contributed by atoms with van der Waals surface area (Å²) in [4.78, 5) is 4.16. The first-order valence-electron chi connectivity index (χ1n) is 6.88. The van der Waals surface area contributed by atoms with Gasteiger partial charge >= 0.3 is 0 Å². The van der Waals surface area contributed by atoms with E-state index < -0.39 is 0 Å². The zero-order chi connectivity index (χ0) is 13.5. The highest BCUT2D eigenvalue weighted by atomic mass is 15.2. The third kappa shape index (κ3) is 4.48. The summed E-state index contributed by atoms with van der Waals surface area (Å²) in [7, 11) is 1.96. The van der Waals surface area contributed by atoms with Gasteiger partial charge in [-0.05, 0) is 37.1 Å². The lowest BCUT2D eigenvalue weighted by molar-refractivity contribution is 0.484. The molecule has 2 aromatic heterocycles. The van der Waals surface area contributed by atoms with Gasteiger partial charge in [-0.15, -0.1) is 0 Å². The maximum atomic E-state index is 4.45. The van der Waals surface area contributed by atoms with Gasteiger partial charge in [0.05, 0.1) is 5.69 Å². The lowest BCUT2D eigenvalue weighted by Crippen LogP contribution is -2.31. The molecule has 1 N–H and O–H groups in total. The minimum atomic E-state index is 0.472. The Hall–Kier alpha value is -1.68. The summed E-state index contributed by atoms with van der Waals surface area (Å²) in [5, 5.41) is 7.99. The van der Waals surface area contributed by atoms with Crippen LogP contribution < -0.4 is 5.32 Å². The topological polar surface area (TPSA) is 42.7 Å². The van der Waals surface area contributed by atoms with E-state index in [0.717, 1.165) is 31.5 Å². The zero-order valence-corrected chi connectivity index (χ0v) is 11.7. The molecular weight excluding hydrogens is 236 g/mol. The van der Waals surface area contributed by atoms with Gasteiger partial charge in [-0.25, -0.2) is 0 Å². The third-order valence-electron chi connectivity index (χ3n) is 3.22. The fourth-order valence-electron chi connectivity index (χ4n) is 2.28. The first kappa shape index (κ1) is 13.7. The van der Waals surface area contributed by atoms with E-state index in [2.05, 4.69) is 34.5 Å². The highest BCUT2D eigenvalue weighted by molar-refractivity contribution is 5.09. The molecule has 0 bridgehead atoms. The quantitative estimate of drug-likeness (QED) is 0.825.